The number of benzene rings is 3. The van der Waals surface area contributed by atoms with Gasteiger partial charge in [0.15, 0.2) is 0 Å². The molecule has 3 aromatic rings. The minimum Gasteiger partial charge on any atom is -0.468 e. The maximum atomic E-state index is 11.4. The van der Waals surface area contributed by atoms with Crippen LogP contribution in [0.2, 0.25) is 0 Å². The molecule has 0 aliphatic carbocycles. The zero-order chi connectivity index (χ0) is 16.2. The standard InChI is InChI=1S/C20H19NO2.ClH/c1-23-20(22)19(21)13-14-9-11-16(12-10-14)18-8-4-6-15-5-2-3-7-17(15)18;/h2-12,19H,13,21H2,1H3;1H/t19-;/m0./s1. The zero-order valence-corrected chi connectivity index (χ0v) is 14.3. The van der Waals surface area contributed by atoms with Crippen molar-refractivity contribution in [2.24, 2.45) is 5.73 Å². The van der Waals surface area contributed by atoms with Crippen molar-refractivity contribution in [2.45, 2.75) is 12.5 Å². The first-order chi connectivity index (χ1) is 11.2. The molecule has 0 radical (unpaired) electrons. The Bertz CT molecular complexity index is 825. The van der Waals surface area contributed by atoms with Crippen molar-refractivity contribution in [2.75, 3.05) is 7.11 Å². The van der Waals surface area contributed by atoms with Crippen LogP contribution in [0.25, 0.3) is 21.9 Å². The second-order valence-corrected chi connectivity index (χ2v) is 5.56. The minimum atomic E-state index is -0.622. The fourth-order valence-electron chi connectivity index (χ4n) is 2.79. The molecule has 0 unspecified atom stereocenters. The number of nitrogens with two attached hydrogens (primary N) is 1. The largest absolute Gasteiger partial charge is 0.468 e. The number of carbonyl (C=O) groups is 1. The van der Waals surface area contributed by atoms with Crippen molar-refractivity contribution in [1.82, 2.24) is 0 Å². The summed E-state index contributed by atoms with van der Waals surface area (Å²) >= 11 is 0. The van der Waals surface area contributed by atoms with Crippen LogP contribution in [0.1, 0.15) is 5.56 Å². The Balaban J connectivity index is 0.00000208. The van der Waals surface area contributed by atoms with Gasteiger partial charge in [0.05, 0.1) is 7.11 Å². The first-order valence-corrected chi connectivity index (χ1v) is 7.59. The Labute approximate surface area is 147 Å². The summed E-state index contributed by atoms with van der Waals surface area (Å²) in [6.45, 7) is 0. The van der Waals surface area contributed by atoms with E-state index in [1.807, 2.05) is 18.2 Å². The van der Waals surface area contributed by atoms with Crippen molar-refractivity contribution < 1.29 is 9.53 Å². The Morgan fingerprint density at radius 2 is 1.67 bits per heavy atom. The third-order valence-electron chi connectivity index (χ3n) is 4.01. The Morgan fingerprint density at radius 1 is 1.00 bits per heavy atom. The smallest absolute Gasteiger partial charge is 0.322 e. The van der Waals surface area contributed by atoms with Crippen LogP contribution in [-0.4, -0.2) is 19.1 Å². The van der Waals surface area contributed by atoms with Gasteiger partial charge in [-0.2, -0.15) is 0 Å². The molecular formula is C20H20ClNO2. The average Bonchev–Trinajstić information content (AvgIpc) is 2.61. The molecule has 0 bridgehead atoms. The van der Waals surface area contributed by atoms with E-state index in [0.29, 0.717) is 6.42 Å². The van der Waals surface area contributed by atoms with Crippen LogP contribution in [0.4, 0.5) is 0 Å². The lowest BCUT2D eigenvalue weighted by molar-refractivity contribution is -0.142. The van der Waals surface area contributed by atoms with Crippen molar-refractivity contribution in [1.29, 1.82) is 0 Å². The Hall–Kier alpha value is -2.36. The molecule has 1 atom stereocenters. The number of hydrogen-bond donors (Lipinski definition) is 1. The number of esters is 1. The number of methoxy groups -OCH3 is 1. The molecule has 0 heterocycles. The highest BCUT2D eigenvalue weighted by Crippen LogP contribution is 2.28. The quantitative estimate of drug-likeness (QED) is 0.730. The van der Waals surface area contributed by atoms with E-state index >= 15 is 0 Å². The molecule has 0 amide bonds. The number of rotatable bonds is 4. The van der Waals surface area contributed by atoms with Crippen LogP contribution in [0, 0.1) is 0 Å². The summed E-state index contributed by atoms with van der Waals surface area (Å²) in [4.78, 5) is 11.4. The summed E-state index contributed by atoms with van der Waals surface area (Å²) in [7, 11) is 1.35. The van der Waals surface area contributed by atoms with E-state index < -0.39 is 6.04 Å². The normalized spacial score (nSPS) is 11.6. The highest BCUT2D eigenvalue weighted by Gasteiger charge is 2.14. The van der Waals surface area contributed by atoms with E-state index in [1.165, 1.54) is 23.4 Å². The SMILES string of the molecule is COC(=O)[C@@H](N)Cc1ccc(-c2cccc3ccccc23)cc1.Cl. The molecule has 3 rings (SSSR count). The van der Waals surface area contributed by atoms with Crippen LogP contribution in [0.3, 0.4) is 0 Å². The lowest BCUT2D eigenvalue weighted by Crippen LogP contribution is -2.33. The lowest BCUT2D eigenvalue weighted by atomic mass is 9.96. The molecule has 2 N–H and O–H groups in total. The first kappa shape index (κ1) is 18.0. The monoisotopic (exact) mass is 341 g/mol. The zero-order valence-electron chi connectivity index (χ0n) is 13.4. The molecule has 0 saturated carbocycles. The predicted molar refractivity (Wildman–Crippen MR) is 100 cm³/mol. The van der Waals surface area contributed by atoms with Crippen LogP contribution in [0.15, 0.2) is 66.7 Å². The van der Waals surface area contributed by atoms with Crippen molar-refractivity contribution in [3.63, 3.8) is 0 Å². The van der Waals surface area contributed by atoms with Gasteiger partial charge in [-0.15, -0.1) is 12.4 Å². The van der Waals surface area contributed by atoms with E-state index in [2.05, 4.69) is 53.3 Å². The second kappa shape index (κ2) is 7.95. The molecule has 4 heteroatoms. The van der Waals surface area contributed by atoms with E-state index in [1.54, 1.807) is 0 Å². The summed E-state index contributed by atoms with van der Waals surface area (Å²) in [5.41, 5.74) is 9.18. The van der Waals surface area contributed by atoms with E-state index in [4.69, 9.17) is 5.73 Å². The third kappa shape index (κ3) is 3.75. The predicted octanol–water partition coefficient (Wildman–Crippen LogP) is 3.97. The highest BCUT2D eigenvalue weighted by atomic mass is 35.5. The van der Waals surface area contributed by atoms with E-state index in [0.717, 1.165) is 11.1 Å². The van der Waals surface area contributed by atoms with Gasteiger partial charge in [0.1, 0.15) is 6.04 Å². The summed E-state index contributed by atoms with van der Waals surface area (Å²) in [6.07, 6.45) is 0.475. The molecule has 124 valence electrons. The van der Waals surface area contributed by atoms with Gasteiger partial charge in [-0.25, -0.2) is 0 Å². The fourth-order valence-corrected chi connectivity index (χ4v) is 2.79. The van der Waals surface area contributed by atoms with Gasteiger partial charge in [-0.1, -0.05) is 66.7 Å². The van der Waals surface area contributed by atoms with Crippen molar-refractivity contribution in [3.8, 4) is 11.1 Å². The Kier molecular flexibility index (Phi) is 5.96. The van der Waals surface area contributed by atoms with Crippen LogP contribution < -0.4 is 5.73 Å². The summed E-state index contributed by atoms with van der Waals surface area (Å²) < 4.78 is 4.66. The molecule has 0 aliphatic heterocycles. The van der Waals surface area contributed by atoms with E-state index in [-0.39, 0.29) is 18.4 Å². The van der Waals surface area contributed by atoms with Gasteiger partial charge < -0.3 is 10.5 Å². The first-order valence-electron chi connectivity index (χ1n) is 7.59. The number of fused-ring (bicyclic) bond motifs is 1. The fraction of sp³-hybridized carbons (Fsp3) is 0.150. The topological polar surface area (TPSA) is 52.3 Å². The van der Waals surface area contributed by atoms with Crippen LogP contribution in [-0.2, 0) is 16.0 Å². The molecule has 0 spiro atoms. The summed E-state index contributed by atoms with van der Waals surface area (Å²) in [6, 6.07) is 22.2. The molecule has 24 heavy (non-hydrogen) atoms. The summed E-state index contributed by atoms with van der Waals surface area (Å²) in [5, 5.41) is 2.45. The van der Waals surface area contributed by atoms with Gasteiger partial charge in [0, 0.05) is 0 Å². The maximum Gasteiger partial charge on any atom is 0.322 e. The Morgan fingerprint density at radius 3 is 2.38 bits per heavy atom. The van der Waals surface area contributed by atoms with Gasteiger partial charge >= 0.3 is 5.97 Å². The average molecular weight is 342 g/mol. The number of carbonyl (C=O) groups excluding carboxylic acids is 1. The van der Waals surface area contributed by atoms with Gasteiger partial charge in [-0.3, -0.25) is 4.79 Å². The number of hydrogen-bond acceptors (Lipinski definition) is 3. The molecule has 3 nitrogen and oxygen atoms in total. The highest BCUT2D eigenvalue weighted by molar-refractivity contribution is 5.96. The second-order valence-electron chi connectivity index (χ2n) is 5.56. The maximum absolute atomic E-state index is 11.4. The molecule has 0 saturated heterocycles. The molecule has 0 fully saturated rings. The third-order valence-corrected chi connectivity index (χ3v) is 4.01. The van der Waals surface area contributed by atoms with Gasteiger partial charge in [-0.05, 0) is 33.9 Å². The minimum absolute atomic E-state index is 0. The number of ether oxygens (including phenoxy) is 1. The number of halogens is 1. The molecule has 3 aromatic carbocycles. The van der Waals surface area contributed by atoms with E-state index in [9.17, 15) is 4.79 Å². The van der Waals surface area contributed by atoms with Crippen molar-refractivity contribution in [3.05, 3.63) is 72.3 Å². The van der Waals surface area contributed by atoms with Crippen LogP contribution >= 0.6 is 12.4 Å². The summed E-state index contributed by atoms with van der Waals surface area (Å²) in [5.74, 6) is -0.386. The molecule has 0 aromatic heterocycles. The van der Waals surface area contributed by atoms with Crippen molar-refractivity contribution >= 4 is 29.1 Å². The van der Waals surface area contributed by atoms with Gasteiger partial charge in [0.2, 0.25) is 0 Å². The van der Waals surface area contributed by atoms with Gasteiger partial charge in [0.25, 0.3) is 0 Å². The van der Waals surface area contributed by atoms with Crippen LogP contribution in [0.5, 0.6) is 0 Å². The molecular weight excluding hydrogens is 322 g/mol. The molecule has 0 aliphatic rings. The lowest BCUT2D eigenvalue weighted by Gasteiger charge is -2.11.